The Bertz CT molecular complexity index is 798. The van der Waals surface area contributed by atoms with Crippen LogP contribution in [0, 0.1) is 0 Å². The van der Waals surface area contributed by atoms with Crippen LogP contribution in [0.1, 0.15) is 18.4 Å². The number of halogens is 2. The van der Waals surface area contributed by atoms with Crippen molar-refractivity contribution in [3.8, 4) is 11.3 Å². The fourth-order valence-corrected chi connectivity index (χ4v) is 3.33. The molecule has 0 aliphatic heterocycles. The summed E-state index contributed by atoms with van der Waals surface area (Å²) in [4.78, 5) is 7.75. The van der Waals surface area contributed by atoms with Crippen molar-refractivity contribution in [2.75, 3.05) is 6.54 Å². The minimum Gasteiger partial charge on any atom is -0.353 e. The van der Waals surface area contributed by atoms with Crippen LogP contribution in [0.2, 0.25) is 5.02 Å². The Labute approximate surface area is 143 Å². The molecule has 0 aliphatic carbocycles. The lowest BCUT2D eigenvalue weighted by atomic mass is 10.0. The highest BCUT2D eigenvalue weighted by Crippen LogP contribution is 2.35. The number of pyridine rings is 1. The first-order chi connectivity index (χ1) is 10.7. The third-order valence-corrected chi connectivity index (χ3v) is 4.51. The second-order valence-electron chi connectivity index (χ2n) is 5.28. The molecule has 0 atom stereocenters. The minimum atomic E-state index is 0.719. The molecule has 0 radical (unpaired) electrons. The molecule has 0 spiro atoms. The lowest BCUT2D eigenvalue weighted by Gasteiger charge is -2.05. The molecule has 0 bridgehead atoms. The normalized spacial score (nSPS) is 11.2. The highest BCUT2D eigenvalue weighted by molar-refractivity contribution is 9.10. The molecule has 5 heteroatoms. The quantitative estimate of drug-likeness (QED) is 0.619. The van der Waals surface area contributed by atoms with Crippen LogP contribution in [0.15, 0.2) is 41.1 Å². The van der Waals surface area contributed by atoms with Crippen LogP contribution in [0.4, 0.5) is 0 Å². The van der Waals surface area contributed by atoms with Gasteiger partial charge in [-0.05, 0) is 59.4 Å². The first-order valence-electron chi connectivity index (χ1n) is 7.30. The Morgan fingerprint density at radius 3 is 2.86 bits per heavy atom. The maximum atomic E-state index is 6.35. The number of unbranched alkanes of at least 4 members (excludes halogenated alkanes) is 1. The average Bonchev–Trinajstić information content (AvgIpc) is 2.88. The number of hydrogen-bond acceptors (Lipinski definition) is 2. The molecule has 2 heterocycles. The van der Waals surface area contributed by atoms with E-state index in [9.17, 15) is 0 Å². The topological polar surface area (TPSA) is 54.7 Å². The number of para-hydroxylation sites is 1. The van der Waals surface area contributed by atoms with Gasteiger partial charge in [0.1, 0.15) is 0 Å². The van der Waals surface area contributed by atoms with Crippen LogP contribution in [-0.4, -0.2) is 16.5 Å². The van der Waals surface area contributed by atoms with Crippen molar-refractivity contribution in [1.29, 1.82) is 0 Å². The number of rotatable bonds is 5. The van der Waals surface area contributed by atoms with Gasteiger partial charge in [0.05, 0.1) is 16.2 Å². The summed E-state index contributed by atoms with van der Waals surface area (Å²) in [5.41, 5.74) is 10.1. The molecule has 3 aromatic rings. The minimum absolute atomic E-state index is 0.719. The molecule has 2 aromatic heterocycles. The third kappa shape index (κ3) is 3.05. The van der Waals surface area contributed by atoms with E-state index in [1.54, 1.807) is 6.20 Å². The monoisotopic (exact) mass is 377 g/mol. The number of H-pyrrole nitrogens is 1. The summed E-state index contributed by atoms with van der Waals surface area (Å²) in [6.45, 7) is 0.719. The van der Waals surface area contributed by atoms with Gasteiger partial charge in [-0.15, -0.1) is 0 Å². The molecular formula is C17H17BrClN3. The molecule has 22 heavy (non-hydrogen) atoms. The average molecular weight is 379 g/mol. The van der Waals surface area contributed by atoms with Crippen molar-refractivity contribution in [2.45, 2.75) is 19.3 Å². The summed E-state index contributed by atoms with van der Waals surface area (Å²) >= 11 is 9.83. The van der Waals surface area contributed by atoms with E-state index in [0.717, 1.165) is 52.1 Å². The number of aromatic amines is 1. The van der Waals surface area contributed by atoms with Crippen molar-refractivity contribution in [3.05, 3.63) is 51.7 Å². The molecule has 0 amide bonds. The van der Waals surface area contributed by atoms with Gasteiger partial charge >= 0.3 is 0 Å². The van der Waals surface area contributed by atoms with Crippen LogP contribution in [-0.2, 0) is 6.42 Å². The van der Waals surface area contributed by atoms with E-state index in [2.05, 4.69) is 38.0 Å². The van der Waals surface area contributed by atoms with E-state index in [1.165, 1.54) is 10.9 Å². The van der Waals surface area contributed by atoms with E-state index < -0.39 is 0 Å². The Hall–Kier alpha value is -1.36. The molecule has 0 aliphatic rings. The van der Waals surface area contributed by atoms with E-state index >= 15 is 0 Å². The van der Waals surface area contributed by atoms with Gasteiger partial charge in [0.15, 0.2) is 0 Å². The first kappa shape index (κ1) is 15.5. The van der Waals surface area contributed by atoms with E-state index in [-0.39, 0.29) is 0 Å². The van der Waals surface area contributed by atoms with Gasteiger partial charge in [-0.2, -0.15) is 0 Å². The van der Waals surface area contributed by atoms with Gasteiger partial charge in [0.2, 0.25) is 0 Å². The summed E-state index contributed by atoms with van der Waals surface area (Å²) in [7, 11) is 0. The van der Waals surface area contributed by atoms with Crippen molar-refractivity contribution >= 4 is 38.4 Å². The maximum Gasteiger partial charge on any atom is 0.0651 e. The van der Waals surface area contributed by atoms with Crippen molar-refractivity contribution in [1.82, 2.24) is 9.97 Å². The number of nitrogens with zero attached hydrogens (tertiary/aromatic N) is 1. The SMILES string of the molecule is NCCCCc1c(-c2cncc(Br)c2)[nH]c2c(Cl)cccc12. The van der Waals surface area contributed by atoms with Crippen LogP contribution in [0.5, 0.6) is 0 Å². The van der Waals surface area contributed by atoms with Gasteiger partial charge in [-0.1, -0.05) is 23.7 Å². The van der Waals surface area contributed by atoms with E-state index in [4.69, 9.17) is 17.3 Å². The van der Waals surface area contributed by atoms with Crippen molar-refractivity contribution in [3.63, 3.8) is 0 Å². The number of nitrogens with two attached hydrogens (primary N) is 1. The molecule has 0 saturated heterocycles. The zero-order valence-electron chi connectivity index (χ0n) is 12.1. The number of aromatic nitrogens is 2. The summed E-state index contributed by atoms with van der Waals surface area (Å²) in [6.07, 6.45) is 6.70. The predicted octanol–water partition coefficient (Wildman–Crippen LogP) is 4.93. The first-order valence-corrected chi connectivity index (χ1v) is 8.48. The Balaban J connectivity index is 2.15. The highest BCUT2D eigenvalue weighted by atomic mass is 79.9. The molecule has 3 nitrogen and oxygen atoms in total. The van der Waals surface area contributed by atoms with Crippen molar-refractivity contribution in [2.24, 2.45) is 5.73 Å². The molecular weight excluding hydrogens is 362 g/mol. The predicted molar refractivity (Wildman–Crippen MR) is 96.2 cm³/mol. The molecule has 114 valence electrons. The van der Waals surface area contributed by atoms with Crippen molar-refractivity contribution < 1.29 is 0 Å². The summed E-state index contributed by atoms with van der Waals surface area (Å²) in [6, 6.07) is 8.09. The number of aryl methyl sites for hydroxylation is 1. The lowest BCUT2D eigenvalue weighted by Crippen LogP contribution is -1.99. The van der Waals surface area contributed by atoms with Gasteiger partial charge in [0.25, 0.3) is 0 Å². The maximum absolute atomic E-state index is 6.35. The molecule has 3 rings (SSSR count). The number of fused-ring (bicyclic) bond motifs is 1. The van der Waals surface area contributed by atoms with Gasteiger partial charge in [-0.25, -0.2) is 0 Å². The van der Waals surface area contributed by atoms with Gasteiger partial charge in [-0.3, -0.25) is 4.98 Å². The number of nitrogens with one attached hydrogen (secondary N) is 1. The molecule has 0 fully saturated rings. The Morgan fingerprint density at radius 1 is 1.23 bits per heavy atom. The second-order valence-corrected chi connectivity index (χ2v) is 6.60. The Morgan fingerprint density at radius 2 is 2.09 bits per heavy atom. The standard InChI is InChI=1S/C17H17BrClN3/c18-12-8-11(9-21-10-12)16-13(4-1-2-7-20)14-5-3-6-15(19)17(14)22-16/h3,5-6,8-10,22H,1-2,4,7,20H2. The molecule has 3 N–H and O–H groups in total. The van der Waals surface area contributed by atoms with Crippen LogP contribution < -0.4 is 5.73 Å². The fourth-order valence-electron chi connectivity index (χ4n) is 2.74. The lowest BCUT2D eigenvalue weighted by molar-refractivity contribution is 0.748. The summed E-state index contributed by atoms with van der Waals surface area (Å²) in [5.74, 6) is 0. The van der Waals surface area contributed by atoms with Gasteiger partial charge in [0, 0.05) is 27.8 Å². The number of hydrogen-bond donors (Lipinski definition) is 2. The van der Waals surface area contributed by atoms with Gasteiger partial charge < -0.3 is 10.7 Å². The largest absolute Gasteiger partial charge is 0.353 e. The zero-order chi connectivity index (χ0) is 15.5. The molecule has 0 unspecified atom stereocenters. The summed E-state index contributed by atoms with van der Waals surface area (Å²) in [5, 5.41) is 1.92. The number of benzene rings is 1. The van der Waals surface area contributed by atoms with E-state index in [0.29, 0.717) is 0 Å². The highest BCUT2D eigenvalue weighted by Gasteiger charge is 2.15. The van der Waals surface area contributed by atoms with Crippen LogP contribution in [0.3, 0.4) is 0 Å². The second kappa shape index (κ2) is 6.82. The smallest absolute Gasteiger partial charge is 0.0651 e. The van der Waals surface area contributed by atoms with Crippen LogP contribution in [0.25, 0.3) is 22.2 Å². The molecule has 0 saturated carbocycles. The zero-order valence-corrected chi connectivity index (χ0v) is 14.4. The molecule has 1 aromatic carbocycles. The Kier molecular flexibility index (Phi) is 4.81. The van der Waals surface area contributed by atoms with E-state index in [1.807, 2.05) is 18.3 Å². The summed E-state index contributed by atoms with van der Waals surface area (Å²) < 4.78 is 0.961. The van der Waals surface area contributed by atoms with Crippen LogP contribution >= 0.6 is 27.5 Å². The fraction of sp³-hybridized carbons (Fsp3) is 0.235. The third-order valence-electron chi connectivity index (χ3n) is 3.76.